The van der Waals surface area contributed by atoms with Gasteiger partial charge in [0.25, 0.3) is 5.91 Å². The minimum Gasteiger partial charge on any atom is -0.368 e. The summed E-state index contributed by atoms with van der Waals surface area (Å²) in [5.74, 6) is -0.390. The monoisotopic (exact) mass is 505 g/mol. The number of sulfonamides is 1. The Kier molecular flexibility index (Phi) is 6.41. The molecule has 2 fully saturated rings. The molecular formula is C24H31N3O5S2. The number of anilines is 2. The molecule has 0 bridgehead atoms. The van der Waals surface area contributed by atoms with Crippen LogP contribution >= 0.6 is 0 Å². The fourth-order valence-electron chi connectivity index (χ4n) is 4.80. The Bertz CT molecular complexity index is 1330. The second-order valence-electron chi connectivity index (χ2n) is 9.44. The van der Waals surface area contributed by atoms with E-state index < -0.39 is 19.9 Å². The molecule has 184 valence electrons. The van der Waals surface area contributed by atoms with E-state index in [0.717, 1.165) is 11.9 Å². The zero-order chi connectivity index (χ0) is 24.8. The van der Waals surface area contributed by atoms with Crippen molar-refractivity contribution < 1.29 is 21.6 Å². The van der Waals surface area contributed by atoms with Gasteiger partial charge in [0.15, 0.2) is 9.84 Å². The van der Waals surface area contributed by atoms with Gasteiger partial charge < -0.3 is 9.80 Å². The van der Waals surface area contributed by atoms with Crippen molar-refractivity contribution in [3.63, 3.8) is 0 Å². The second kappa shape index (κ2) is 8.88. The first kappa shape index (κ1) is 24.5. The molecule has 4 rings (SSSR count). The number of amides is 1. The van der Waals surface area contributed by atoms with Crippen LogP contribution in [0.1, 0.15) is 28.4 Å². The summed E-state index contributed by atoms with van der Waals surface area (Å²) in [7, 11) is -7.27. The maximum absolute atomic E-state index is 13.3. The molecule has 10 heteroatoms. The lowest BCUT2D eigenvalue weighted by Gasteiger charge is -2.37. The van der Waals surface area contributed by atoms with Crippen LogP contribution in [0.3, 0.4) is 0 Å². The van der Waals surface area contributed by atoms with E-state index in [9.17, 15) is 21.6 Å². The second-order valence-corrected chi connectivity index (χ2v) is 13.4. The van der Waals surface area contributed by atoms with Gasteiger partial charge in [0, 0.05) is 44.7 Å². The lowest BCUT2D eigenvalue weighted by Crippen LogP contribution is -2.49. The normalized spacial score (nSPS) is 20.6. The molecule has 1 atom stereocenters. The maximum atomic E-state index is 13.3. The minimum atomic E-state index is -3.76. The van der Waals surface area contributed by atoms with Crippen LogP contribution in [-0.4, -0.2) is 72.4 Å². The summed E-state index contributed by atoms with van der Waals surface area (Å²) >= 11 is 0. The number of carbonyl (C=O) groups excluding carboxylic acids is 1. The number of rotatable bonds is 4. The van der Waals surface area contributed by atoms with E-state index in [1.54, 1.807) is 4.90 Å². The Labute approximate surface area is 202 Å². The van der Waals surface area contributed by atoms with Crippen LogP contribution < -0.4 is 9.21 Å². The molecule has 0 aromatic heterocycles. The highest BCUT2D eigenvalue weighted by atomic mass is 32.2. The molecule has 2 aliphatic rings. The van der Waals surface area contributed by atoms with E-state index >= 15 is 0 Å². The average Bonchev–Trinajstić information content (AvgIpc) is 3.04. The van der Waals surface area contributed by atoms with Crippen molar-refractivity contribution in [2.75, 3.05) is 53.9 Å². The minimum absolute atomic E-state index is 0.0205. The average molecular weight is 506 g/mol. The summed E-state index contributed by atoms with van der Waals surface area (Å²) < 4.78 is 51.4. The van der Waals surface area contributed by atoms with Crippen LogP contribution in [0.15, 0.2) is 41.3 Å². The Morgan fingerprint density at radius 2 is 1.68 bits per heavy atom. The molecule has 1 amide bonds. The smallest absolute Gasteiger partial charge is 0.255 e. The Balaban J connectivity index is 1.57. The van der Waals surface area contributed by atoms with Gasteiger partial charge in [-0.1, -0.05) is 24.6 Å². The van der Waals surface area contributed by atoms with Crippen molar-refractivity contribution in [2.24, 2.45) is 5.92 Å². The largest absolute Gasteiger partial charge is 0.368 e. The third-order valence-electron chi connectivity index (χ3n) is 6.45. The molecule has 2 aromatic carbocycles. The molecular weight excluding hydrogens is 474 g/mol. The standard InChI is InChI=1S/C24H31N3O5S2/c1-17-5-8-22(19(3)13-17)25-9-11-26(12-10-25)24(28)21-7-6-20(14-23(21)33(4,29)30)27-15-18(2)16-34(27,31)32/h5-8,13-14,18H,9-12,15-16H2,1-4H3/t18-/m0/s1. The van der Waals surface area contributed by atoms with Crippen LogP contribution in [-0.2, 0) is 19.9 Å². The summed E-state index contributed by atoms with van der Waals surface area (Å²) in [6, 6.07) is 10.6. The summed E-state index contributed by atoms with van der Waals surface area (Å²) in [6.45, 7) is 8.48. The Morgan fingerprint density at radius 1 is 1.00 bits per heavy atom. The van der Waals surface area contributed by atoms with Crippen molar-refractivity contribution in [3.8, 4) is 0 Å². The van der Waals surface area contributed by atoms with Crippen LogP contribution in [0.2, 0.25) is 0 Å². The summed E-state index contributed by atoms with van der Waals surface area (Å²) in [5, 5.41) is 0. The van der Waals surface area contributed by atoms with E-state index in [0.29, 0.717) is 32.7 Å². The highest BCUT2D eigenvalue weighted by Crippen LogP contribution is 2.31. The number of benzene rings is 2. The maximum Gasteiger partial charge on any atom is 0.255 e. The SMILES string of the molecule is Cc1ccc(N2CCN(C(=O)c3ccc(N4C[C@H](C)CS4(=O)=O)cc3S(C)(=O)=O)CC2)c(C)c1. The summed E-state index contributed by atoms with van der Waals surface area (Å²) in [4.78, 5) is 17.1. The fraction of sp³-hybridized carbons (Fsp3) is 0.458. The number of carbonyl (C=O) groups is 1. The molecule has 2 heterocycles. The lowest BCUT2D eigenvalue weighted by molar-refractivity contribution is 0.0743. The van der Waals surface area contributed by atoms with Gasteiger partial charge in [-0.05, 0) is 49.6 Å². The van der Waals surface area contributed by atoms with E-state index in [-0.39, 0.29) is 33.7 Å². The molecule has 2 saturated heterocycles. The van der Waals surface area contributed by atoms with E-state index in [2.05, 4.69) is 36.9 Å². The lowest BCUT2D eigenvalue weighted by atomic mass is 10.1. The van der Waals surface area contributed by atoms with Gasteiger partial charge in [0.1, 0.15) is 0 Å². The zero-order valence-electron chi connectivity index (χ0n) is 20.0. The van der Waals surface area contributed by atoms with Crippen LogP contribution in [0.25, 0.3) is 0 Å². The molecule has 0 radical (unpaired) electrons. The molecule has 2 aliphatic heterocycles. The molecule has 2 aromatic rings. The van der Waals surface area contributed by atoms with Crippen molar-refractivity contribution in [1.82, 2.24) is 4.90 Å². The summed E-state index contributed by atoms with van der Waals surface area (Å²) in [5.41, 5.74) is 3.88. The zero-order valence-corrected chi connectivity index (χ0v) is 21.6. The first-order valence-electron chi connectivity index (χ1n) is 11.3. The van der Waals surface area contributed by atoms with Crippen LogP contribution in [0, 0.1) is 19.8 Å². The van der Waals surface area contributed by atoms with Crippen LogP contribution in [0.5, 0.6) is 0 Å². The first-order chi connectivity index (χ1) is 15.9. The van der Waals surface area contributed by atoms with Crippen molar-refractivity contribution in [2.45, 2.75) is 25.7 Å². The Morgan fingerprint density at radius 3 is 2.24 bits per heavy atom. The predicted molar refractivity (Wildman–Crippen MR) is 134 cm³/mol. The van der Waals surface area contributed by atoms with E-state index in [1.807, 2.05) is 6.92 Å². The highest BCUT2D eigenvalue weighted by Gasteiger charge is 2.35. The van der Waals surface area contributed by atoms with Gasteiger partial charge in [-0.2, -0.15) is 0 Å². The molecule has 34 heavy (non-hydrogen) atoms. The summed E-state index contributed by atoms with van der Waals surface area (Å²) in [6.07, 6.45) is 1.04. The first-order valence-corrected chi connectivity index (χ1v) is 14.8. The van der Waals surface area contributed by atoms with Gasteiger partial charge in [-0.25, -0.2) is 16.8 Å². The van der Waals surface area contributed by atoms with Crippen molar-refractivity contribution in [3.05, 3.63) is 53.1 Å². The number of hydrogen-bond acceptors (Lipinski definition) is 6. The van der Waals surface area contributed by atoms with Gasteiger partial charge in [0.05, 0.1) is 21.9 Å². The van der Waals surface area contributed by atoms with Gasteiger partial charge >= 0.3 is 0 Å². The quantitative estimate of drug-likeness (QED) is 0.634. The fourth-order valence-corrected chi connectivity index (χ4v) is 7.61. The van der Waals surface area contributed by atoms with Crippen molar-refractivity contribution >= 4 is 37.1 Å². The number of nitrogens with zero attached hydrogens (tertiary/aromatic N) is 3. The topological polar surface area (TPSA) is 95.1 Å². The van der Waals surface area contributed by atoms with Gasteiger partial charge in [-0.15, -0.1) is 0 Å². The highest BCUT2D eigenvalue weighted by molar-refractivity contribution is 7.93. The van der Waals surface area contributed by atoms with E-state index in [4.69, 9.17) is 0 Å². The van der Waals surface area contributed by atoms with Gasteiger partial charge in [-0.3, -0.25) is 9.10 Å². The third-order valence-corrected chi connectivity index (χ3v) is 9.61. The molecule has 0 unspecified atom stereocenters. The molecule has 8 nitrogen and oxygen atoms in total. The van der Waals surface area contributed by atoms with E-state index in [1.165, 1.54) is 33.6 Å². The number of hydrogen-bond donors (Lipinski definition) is 0. The molecule has 0 N–H and O–H groups in total. The molecule has 0 aliphatic carbocycles. The van der Waals surface area contributed by atoms with Gasteiger partial charge in [0.2, 0.25) is 10.0 Å². The van der Waals surface area contributed by atoms with Crippen molar-refractivity contribution in [1.29, 1.82) is 0 Å². The molecule has 0 saturated carbocycles. The number of aryl methyl sites for hydroxylation is 2. The third kappa shape index (κ3) is 4.79. The Hall–Kier alpha value is -2.59. The number of sulfone groups is 1. The number of piperazine rings is 1. The predicted octanol–water partition coefficient (Wildman–Crippen LogP) is 2.46. The molecule has 0 spiro atoms. The van der Waals surface area contributed by atoms with Crippen LogP contribution in [0.4, 0.5) is 11.4 Å².